The fourth-order valence-corrected chi connectivity index (χ4v) is 10.2. The van der Waals surface area contributed by atoms with Gasteiger partial charge in [0.1, 0.15) is 20.1 Å². The quantitative estimate of drug-likeness (QED) is 0.404. The van der Waals surface area contributed by atoms with Crippen LogP contribution in [0.4, 0.5) is 24.7 Å². The highest BCUT2D eigenvalue weighted by molar-refractivity contribution is 7.96. The second kappa shape index (κ2) is 10.0. The number of rotatable bonds is 6. The summed E-state index contributed by atoms with van der Waals surface area (Å²) >= 11 is 7.17. The third-order valence-corrected chi connectivity index (χ3v) is 13.8. The first-order chi connectivity index (χ1) is 19.7. The molecule has 1 aliphatic carbocycles. The summed E-state index contributed by atoms with van der Waals surface area (Å²) in [6.07, 6.45) is 3.91. The predicted octanol–water partition coefficient (Wildman–Crippen LogP) is 4.76. The monoisotopic (exact) mass is 659 g/mol. The summed E-state index contributed by atoms with van der Waals surface area (Å²) < 4.78 is 95.9. The van der Waals surface area contributed by atoms with Crippen molar-refractivity contribution in [2.75, 3.05) is 28.9 Å². The summed E-state index contributed by atoms with van der Waals surface area (Å²) in [7, 11) is -8.11. The first kappa shape index (κ1) is 29.1. The maximum Gasteiger partial charge on any atom is 0.291 e. The van der Waals surface area contributed by atoms with Crippen molar-refractivity contribution in [2.45, 2.75) is 45.9 Å². The zero-order valence-corrected chi connectivity index (χ0v) is 25.5. The van der Waals surface area contributed by atoms with Gasteiger partial charge in [0.05, 0.1) is 33.4 Å². The molecular formula is C26H25ClF3N5O4S3. The second-order valence-electron chi connectivity index (χ2n) is 10.6. The molecule has 0 amide bonds. The molecule has 1 saturated carbocycles. The van der Waals surface area contributed by atoms with E-state index in [1.54, 1.807) is 4.90 Å². The van der Waals surface area contributed by atoms with E-state index in [4.69, 9.17) is 11.6 Å². The minimum absolute atomic E-state index is 0.0170. The molecule has 0 atom stereocenters. The van der Waals surface area contributed by atoms with Gasteiger partial charge in [-0.15, -0.1) is 11.3 Å². The van der Waals surface area contributed by atoms with E-state index in [0.29, 0.717) is 36.7 Å². The standard InChI is InChI=1S/C26H25ClF3N5O4S3/c1-15(2)41(36,37)22-3-4-23(40-22)42(38,39)35-20-11-16(28)9-18(27)24(20)21(13-32-35)34-8-7-33(14-26(34)5-6-26)25-19(30)10-17(29)12-31-25/h3-4,9-13,15,32H,5-8,14H2,1-2H3. The van der Waals surface area contributed by atoms with E-state index in [1.807, 2.05) is 4.90 Å². The lowest BCUT2D eigenvalue weighted by molar-refractivity contribution is 0.242. The van der Waals surface area contributed by atoms with Crippen molar-refractivity contribution in [1.29, 1.82) is 0 Å². The summed E-state index contributed by atoms with van der Waals surface area (Å²) in [6, 6.07) is 5.38. The number of anilines is 2. The molecule has 0 unspecified atom stereocenters. The number of fused-ring (bicyclic) bond motifs is 1. The largest absolute Gasteiger partial charge is 0.360 e. The third kappa shape index (κ3) is 4.70. The number of sulfonamides is 1. The van der Waals surface area contributed by atoms with Crippen molar-refractivity contribution >= 4 is 60.0 Å². The Labute approximate surface area is 250 Å². The van der Waals surface area contributed by atoms with Gasteiger partial charge < -0.3 is 9.80 Å². The summed E-state index contributed by atoms with van der Waals surface area (Å²) in [4.78, 5) is 7.74. The number of hydrazine groups is 1. The molecule has 0 bridgehead atoms. The Hall–Kier alpha value is -3.01. The van der Waals surface area contributed by atoms with Crippen molar-refractivity contribution in [3.05, 3.63) is 70.8 Å². The van der Waals surface area contributed by atoms with Gasteiger partial charge in [0.2, 0.25) is 0 Å². The lowest BCUT2D eigenvalue weighted by Crippen LogP contribution is -2.55. The molecule has 1 N–H and O–H groups in total. The zero-order chi connectivity index (χ0) is 30.2. The Kier molecular flexibility index (Phi) is 6.94. The number of hydrogen-bond acceptors (Lipinski definition) is 9. The molecule has 4 heterocycles. The van der Waals surface area contributed by atoms with Crippen molar-refractivity contribution in [3.63, 3.8) is 0 Å². The van der Waals surface area contributed by atoms with Gasteiger partial charge in [0, 0.05) is 43.5 Å². The van der Waals surface area contributed by atoms with Gasteiger partial charge in [-0.3, -0.25) is 5.43 Å². The Morgan fingerprint density at radius 1 is 1.02 bits per heavy atom. The molecule has 3 aromatic rings. The van der Waals surface area contributed by atoms with Crippen LogP contribution < -0.4 is 14.7 Å². The first-order valence-corrected chi connectivity index (χ1v) is 17.1. The number of nitrogens with one attached hydrogen (secondary N) is 1. The lowest BCUT2D eigenvalue weighted by Gasteiger charge is -2.46. The average molecular weight is 660 g/mol. The lowest BCUT2D eigenvalue weighted by atomic mass is 10.0. The van der Waals surface area contributed by atoms with Crippen LogP contribution in [0.2, 0.25) is 5.02 Å². The van der Waals surface area contributed by atoms with E-state index in [1.165, 1.54) is 32.2 Å². The fraction of sp³-hybridized carbons (Fsp3) is 0.346. The van der Waals surface area contributed by atoms with Crippen LogP contribution in [-0.4, -0.2) is 57.1 Å². The number of pyridine rings is 1. The van der Waals surface area contributed by atoms with Gasteiger partial charge in [-0.1, -0.05) is 11.6 Å². The van der Waals surface area contributed by atoms with Gasteiger partial charge in [0.25, 0.3) is 10.0 Å². The Morgan fingerprint density at radius 2 is 1.74 bits per heavy atom. The zero-order valence-electron chi connectivity index (χ0n) is 22.3. The van der Waals surface area contributed by atoms with Gasteiger partial charge in [-0.05, 0) is 44.9 Å². The molecule has 2 aliphatic heterocycles. The molecule has 2 fully saturated rings. The molecule has 224 valence electrons. The number of sulfone groups is 1. The highest BCUT2D eigenvalue weighted by Crippen LogP contribution is 2.51. The highest BCUT2D eigenvalue weighted by Gasteiger charge is 2.53. The van der Waals surface area contributed by atoms with E-state index in [9.17, 15) is 30.0 Å². The van der Waals surface area contributed by atoms with Crippen LogP contribution in [0.25, 0.3) is 5.70 Å². The Morgan fingerprint density at radius 3 is 2.40 bits per heavy atom. The number of hydrogen-bond donors (Lipinski definition) is 1. The molecular weight excluding hydrogens is 635 g/mol. The molecule has 42 heavy (non-hydrogen) atoms. The summed E-state index contributed by atoms with van der Waals surface area (Å²) in [5.41, 5.74) is 3.03. The van der Waals surface area contributed by atoms with E-state index in [2.05, 4.69) is 10.4 Å². The average Bonchev–Trinajstić information content (AvgIpc) is 3.46. The number of thiophene rings is 1. The molecule has 1 spiro atoms. The molecule has 16 heteroatoms. The van der Waals surface area contributed by atoms with E-state index in [-0.39, 0.29) is 30.5 Å². The fourth-order valence-electron chi connectivity index (χ4n) is 5.31. The molecule has 0 radical (unpaired) electrons. The van der Waals surface area contributed by atoms with E-state index >= 15 is 0 Å². The minimum atomic E-state index is -4.40. The number of nitrogens with zero attached hydrogens (tertiary/aromatic N) is 4. The van der Waals surface area contributed by atoms with Gasteiger partial charge >= 0.3 is 0 Å². The maximum absolute atomic E-state index is 14.7. The normalized spacial score (nSPS) is 18.3. The van der Waals surface area contributed by atoms with Gasteiger partial charge in [0.15, 0.2) is 21.5 Å². The first-order valence-electron chi connectivity index (χ1n) is 12.9. The Balaban J connectivity index is 1.35. The predicted molar refractivity (Wildman–Crippen MR) is 154 cm³/mol. The van der Waals surface area contributed by atoms with Crippen LogP contribution in [0.1, 0.15) is 32.3 Å². The minimum Gasteiger partial charge on any atom is -0.360 e. The topological polar surface area (TPSA) is 103 Å². The van der Waals surface area contributed by atoms with Crippen LogP contribution in [0.15, 0.2) is 51.1 Å². The highest BCUT2D eigenvalue weighted by atomic mass is 35.5. The van der Waals surface area contributed by atoms with E-state index in [0.717, 1.165) is 41.7 Å². The van der Waals surface area contributed by atoms with Crippen molar-refractivity contribution in [1.82, 2.24) is 15.3 Å². The summed E-state index contributed by atoms with van der Waals surface area (Å²) in [5.74, 6) is -2.25. The number of aromatic nitrogens is 1. The SMILES string of the molecule is CC(C)S(=O)(=O)c1ccc(S(=O)(=O)N2NC=C(N3CCN(c4ncc(F)cc4F)CC34CC4)c3c(Cl)cc(F)cc32)s1. The second-order valence-corrected chi connectivity index (χ2v) is 16.9. The van der Waals surface area contributed by atoms with Crippen molar-refractivity contribution in [3.8, 4) is 0 Å². The Bertz CT molecular complexity index is 1840. The summed E-state index contributed by atoms with van der Waals surface area (Å²) in [6.45, 7) is 4.07. The molecule has 3 aliphatic rings. The third-order valence-electron chi connectivity index (χ3n) is 7.64. The van der Waals surface area contributed by atoms with Crippen LogP contribution in [0.5, 0.6) is 0 Å². The van der Waals surface area contributed by atoms with Crippen molar-refractivity contribution in [2.24, 2.45) is 0 Å². The molecule has 1 saturated heterocycles. The number of benzene rings is 1. The van der Waals surface area contributed by atoms with Crippen LogP contribution in [0, 0.1) is 17.5 Å². The van der Waals surface area contributed by atoms with Crippen molar-refractivity contribution < 1.29 is 30.0 Å². The molecule has 1 aromatic carbocycles. The smallest absolute Gasteiger partial charge is 0.291 e. The van der Waals surface area contributed by atoms with Gasteiger partial charge in [-0.2, -0.15) is 12.8 Å². The molecule has 2 aromatic heterocycles. The van der Waals surface area contributed by atoms with Crippen LogP contribution in [-0.2, 0) is 19.9 Å². The number of halogens is 4. The van der Waals surface area contributed by atoms with Gasteiger partial charge in [-0.25, -0.2) is 26.6 Å². The van der Waals surface area contributed by atoms with E-state index < -0.39 is 48.1 Å². The molecule has 9 nitrogen and oxygen atoms in total. The summed E-state index contributed by atoms with van der Waals surface area (Å²) in [5, 5.41) is -0.763. The number of piperazine rings is 1. The molecule has 6 rings (SSSR count). The van der Waals surface area contributed by atoms with Crippen LogP contribution >= 0.6 is 22.9 Å². The maximum atomic E-state index is 14.7. The van der Waals surface area contributed by atoms with Crippen LogP contribution in [0.3, 0.4) is 0 Å².